The molecule has 0 bridgehead atoms. The second-order valence-electron chi connectivity index (χ2n) is 4.37. The zero-order valence-electron chi connectivity index (χ0n) is 12.0. The Hall–Kier alpha value is -1.02. The molecule has 17 heavy (non-hydrogen) atoms. The van der Waals surface area contributed by atoms with E-state index in [4.69, 9.17) is 0 Å². The van der Waals surface area contributed by atoms with Gasteiger partial charge in [-0.15, -0.1) is 5.75 Å². The molecule has 98 valence electrons. The lowest BCUT2D eigenvalue weighted by Crippen LogP contribution is -2.47. The first-order valence-corrected chi connectivity index (χ1v) is 6.62. The van der Waals surface area contributed by atoms with Crippen LogP contribution in [-0.4, -0.2) is 30.7 Å². The average molecular weight is 237 g/mol. The fraction of sp³-hybridized carbons (Fsp3) is 0.600. The highest BCUT2D eigenvalue weighted by molar-refractivity contribution is 5.28. The summed E-state index contributed by atoms with van der Waals surface area (Å²) in [5.74, 6) is 0.118. The van der Waals surface area contributed by atoms with Gasteiger partial charge in [-0.2, -0.15) is 0 Å². The van der Waals surface area contributed by atoms with Gasteiger partial charge in [0.05, 0.1) is 26.2 Å². The summed E-state index contributed by atoms with van der Waals surface area (Å²) in [5, 5.41) is 10.6. The van der Waals surface area contributed by atoms with E-state index in [1.807, 2.05) is 19.1 Å². The minimum Gasteiger partial charge on any atom is -0.872 e. The standard InChI is InChI=1S/C8H20N.C7H8O/c1-5-9(6-2,7-3)8-4;1-6-4-2-3-5-7(6)8/h5-8H2,1-4H3;2-5,8H,1H3/q+1;/p-1. The van der Waals surface area contributed by atoms with Crippen LogP contribution in [0.5, 0.6) is 5.75 Å². The highest BCUT2D eigenvalue weighted by atomic mass is 16.3. The lowest BCUT2D eigenvalue weighted by Gasteiger charge is -2.34. The molecule has 0 saturated heterocycles. The highest BCUT2D eigenvalue weighted by Crippen LogP contribution is 2.08. The second-order valence-corrected chi connectivity index (χ2v) is 4.37. The molecule has 0 amide bonds. The van der Waals surface area contributed by atoms with Crippen LogP contribution in [0.2, 0.25) is 0 Å². The number of benzene rings is 1. The normalized spacial score (nSPS) is 10.6. The van der Waals surface area contributed by atoms with E-state index in [1.54, 1.807) is 12.1 Å². The molecule has 0 aromatic heterocycles. The lowest BCUT2D eigenvalue weighted by atomic mass is 10.2. The third kappa shape index (κ3) is 5.22. The SMILES string of the molecule is CC[N+](CC)(CC)CC.Cc1ccccc1[O-]. The van der Waals surface area contributed by atoms with Crippen LogP contribution in [-0.2, 0) is 0 Å². The summed E-state index contributed by atoms with van der Waals surface area (Å²) in [6, 6.07) is 6.98. The van der Waals surface area contributed by atoms with Crippen molar-refractivity contribution < 1.29 is 9.59 Å². The Bertz CT molecular complexity index is 267. The van der Waals surface area contributed by atoms with Gasteiger partial charge in [0.25, 0.3) is 0 Å². The average Bonchev–Trinajstić information content (AvgIpc) is 2.37. The molecule has 1 rings (SSSR count). The van der Waals surface area contributed by atoms with Gasteiger partial charge in [-0.05, 0) is 34.6 Å². The van der Waals surface area contributed by atoms with E-state index in [2.05, 4.69) is 27.7 Å². The van der Waals surface area contributed by atoms with Crippen LogP contribution in [0.25, 0.3) is 0 Å². The molecule has 0 fully saturated rings. The van der Waals surface area contributed by atoms with E-state index < -0.39 is 0 Å². The number of hydrogen-bond acceptors (Lipinski definition) is 1. The van der Waals surface area contributed by atoms with Crippen molar-refractivity contribution in [1.82, 2.24) is 0 Å². The van der Waals surface area contributed by atoms with Crippen molar-refractivity contribution in [3.05, 3.63) is 29.8 Å². The fourth-order valence-corrected chi connectivity index (χ4v) is 1.90. The van der Waals surface area contributed by atoms with Gasteiger partial charge in [0.15, 0.2) is 0 Å². The Labute approximate surface area is 106 Å². The van der Waals surface area contributed by atoms with Crippen LogP contribution in [0.1, 0.15) is 33.3 Å². The summed E-state index contributed by atoms with van der Waals surface area (Å²) in [4.78, 5) is 0. The zero-order valence-corrected chi connectivity index (χ0v) is 12.0. The highest BCUT2D eigenvalue weighted by Gasteiger charge is 2.16. The molecule has 0 saturated carbocycles. The molecule has 0 N–H and O–H groups in total. The Morgan fingerprint density at radius 2 is 1.29 bits per heavy atom. The van der Waals surface area contributed by atoms with Crippen molar-refractivity contribution in [2.45, 2.75) is 34.6 Å². The molecule has 2 nitrogen and oxygen atoms in total. The number of para-hydroxylation sites is 1. The molecule has 0 aliphatic rings. The third-order valence-corrected chi connectivity index (χ3v) is 3.78. The van der Waals surface area contributed by atoms with E-state index in [0.717, 1.165) is 5.56 Å². The van der Waals surface area contributed by atoms with Gasteiger partial charge in [-0.1, -0.05) is 29.8 Å². The molecule has 0 aliphatic heterocycles. The van der Waals surface area contributed by atoms with Crippen LogP contribution in [0, 0.1) is 6.92 Å². The molecule has 0 atom stereocenters. The number of hydrogen-bond donors (Lipinski definition) is 0. The number of nitrogens with zero attached hydrogens (tertiary/aromatic N) is 1. The first-order valence-electron chi connectivity index (χ1n) is 6.62. The van der Waals surface area contributed by atoms with Crippen molar-refractivity contribution in [2.75, 3.05) is 26.2 Å². The predicted molar refractivity (Wildman–Crippen MR) is 73.0 cm³/mol. The van der Waals surface area contributed by atoms with Crippen LogP contribution in [0.3, 0.4) is 0 Å². The van der Waals surface area contributed by atoms with Gasteiger partial charge < -0.3 is 9.59 Å². The Balaban J connectivity index is 0.000000302. The maximum Gasteiger partial charge on any atom is 0.0757 e. The molecule has 0 aliphatic carbocycles. The van der Waals surface area contributed by atoms with Crippen LogP contribution in [0.15, 0.2) is 24.3 Å². The van der Waals surface area contributed by atoms with E-state index in [1.165, 1.54) is 30.7 Å². The van der Waals surface area contributed by atoms with Gasteiger partial charge in [0.2, 0.25) is 0 Å². The first-order chi connectivity index (χ1) is 8.05. The van der Waals surface area contributed by atoms with Crippen LogP contribution in [0.4, 0.5) is 0 Å². The van der Waals surface area contributed by atoms with Crippen molar-refractivity contribution in [2.24, 2.45) is 0 Å². The molecule has 0 heterocycles. The summed E-state index contributed by atoms with van der Waals surface area (Å²) in [5.41, 5.74) is 0.813. The number of aryl methyl sites for hydroxylation is 1. The lowest BCUT2D eigenvalue weighted by molar-refractivity contribution is -0.921. The van der Waals surface area contributed by atoms with Crippen molar-refractivity contribution >= 4 is 0 Å². The van der Waals surface area contributed by atoms with Gasteiger partial charge >= 0.3 is 0 Å². The quantitative estimate of drug-likeness (QED) is 0.738. The fourth-order valence-electron chi connectivity index (χ4n) is 1.90. The first kappa shape index (κ1) is 16.0. The number of quaternary nitrogens is 1. The molecule has 0 radical (unpaired) electrons. The molecule has 2 heteroatoms. The Morgan fingerprint density at radius 3 is 1.47 bits per heavy atom. The summed E-state index contributed by atoms with van der Waals surface area (Å²) in [7, 11) is 0. The van der Waals surface area contributed by atoms with Crippen molar-refractivity contribution in [3.63, 3.8) is 0 Å². The minimum absolute atomic E-state index is 0.118. The maximum atomic E-state index is 10.6. The molecule has 1 aromatic carbocycles. The Morgan fingerprint density at radius 1 is 0.882 bits per heavy atom. The molecular weight excluding hydrogens is 210 g/mol. The van der Waals surface area contributed by atoms with Crippen molar-refractivity contribution in [1.29, 1.82) is 0 Å². The largest absolute Gasteiger partial charge is 0.872 e. The smallest absolute Gasteiger partial charge is 0.0757 e. The van der Waals surface area contributed by atoms with E-state index in [0.29, 0.717) is 0 Å². The van der Waals surface area contributed by atoms with E-state index in [-0.39, 0.29) is 5.75 Å². The zero-order chi connectivity index (χ0) is 13.3. The molecule has 1 aromatic rings. The topological polar surface area (TPSA) is 23.1 Å². The third-order valence-electron chi connectivity index (χ3n) is 3.78. The van der Waals surface area contributed by atoms with Crippen LogP contribution < -0.4 is 5.11 Å². The maximum absolute atomic E-state index is 10.6. The van der Waals surface area contributed by atoms with Gasteiger partial charge in [0, 0.05) is 0 Å². The summed E-state index contributed by atoms with van der Waals surface area (Å²) < 4.78 is 1.28. The molecule has 0 unspecified atom stereocenters. The summed E-state index contributed by atoms with van der Waals surface area (Å²) >= 11 is 0. The summed E-state index contributed by atoms with van der Waals surface area (Å²) in [6.45, 7) is 16.0. The monoisotopic (exact) mass is 237 g/mol. The molecule has 0 spiro atoms. The Kier molecular flexibility index (Phi) is 7.64. The van der Waals surface area contributed by atoms with Gasteiger partial charge in [-0.3, -0.25) is 0 Å². The van der Waals surface area contributed by atoms with E-state index in [9.17, 15) is 5.11 Å². The minimum atomic E-state index is 0.118. The van der Waals surface area contributed by atoms with Gasteiger partial charge in [0.1, 0.15) is 0 Å². The molecular formula is C15H27NO. The second kappa shape index (κ2) is 8.13. The van der Waals surface area contributed by atoms with Crippen molar-refractivity contribution in [3.8, 4) is 5.75 Å². The van der Waals surface area contributed by atoms with E-state index >= 15 is 0 Å². The number of rotatable bonds is 4. The summed E-state index contributed by atoms with van der Waals surface area (Å²) in [6.07, 6.45) is 0. The predicted octanol–water partition coefficient (Wildman–Crippen LogP) is 2.95. The van der Waals surface area contributed by atoms with Gasteiger partial charge in [-0.25, -0.2) is 0 Å². The van der Waals surface area contributed by atoms with Crippen LogP contribution >= 0.6 is 0 Å².